The third kappa shape index (κ3) is 2.27. The van der Waals surface area contributed by atoms with Crippen LogP contribution in [0.5, 0.6) is 0 Å². The van der Waals surface area contributed by atoms with Gasteiger partial charge in [-0.15, -0.1) is 0 Å². The van der Waals surface area contributed by atoms with Crippen LogP contribution in [0, 0.1) is 0 Å². The van der Waals surface area contributed by atoms with Crippen molar-refractivity contribution in [3.63, 3.8) is 0 Å². The molecule has 0 spiro atoms. The summed E-state index contributed by atoms with van der Waals surface area (Å²) in [5, 5.41) is 0. The van der Waals surface area contributed by atoms with E-state index >= 15 is 0 Å². The normalized spacial score (nSPS) is 40.9. The number of hydrogen-bond donors (Lipinski definition) is 0. The first-order valence-corrected chi connectivity index (χ1v) is 8.97. The Kier molecular flexibility index (Phi) is 2.54. The SMILES string of the molecule is C[SiH]1C[SiH](C)O[P+](=O)O1. The summed E-state index contributed by atoms with van der Waals surface area (Å²) in [5.41, 5.74) is 1.11. The van der Waals surface area contributed by atoms with Gasteiger partial charge in [0.1, 0.15) is 0 Å². The predicted octanol–water partition coefficient (Wildman–Crippen LogP) is 0.937. The van der Waals surface area contributed by atoms with Gasteiger partial charge in [0.15, 0.2) is 0 Å². The minimum atomic E-state index is -1.70. The van der Waals surface area contributed by atoms with Crippen LogP contribution in [0.4, 0.5) is 0 Å². The van der Waals surface area contributed by atoms with Gasteiger partial charge in [-0.1, -0.05) is 0 Å². The van der Waals surface area contributed by atoms with Gasteiger partial charge in [0.2, 0.25) is 0 Å². The lowest BCUT2D eigenvalue weighted by molar-refractivity contribution is 0.413. The molecule has 0 amide bonds. The van der Waals surface area contributed by atoms with Crippen molar-refractivity contribution in [1.82, 2.24) is 0 Å². The molecule has 0 aromatic rings. The van der Waals surface area contributed by atoms with Gasteiger partial charge in [-0.25, -0.2) is 0 Å². The number of rotatable bonds is 0. The third-order valence-corrected chi connectivity index (χ3v) is 10.8. The highest BCUT2D eigenvalue weighted by atomic mass is 31.1. The van der Waals surface area contributed by atoms with Crippen LogP contribution in [0.3, 0.4) is 0 Å². The van der Waals surface area contributed by atoms with Gasteiger partial charge in [0, 0.05) is 4.57 Å². The monoisotopic (exact) mass is 181 g/mol. The Morgan fingerprint density at radius 3 is 2.11 bits per heavy atom. The van der Waals surface area contributed by atoms with Gasteiger partial charge < -0.3 is 0 Å². The second-order valence-electron chi connectivity index (χ2n) is 2.29. The van der Waals surface area contributed by atoms with Gasteiger partial charge in [-0.05, 0) is 18.8 Å². The van der Waals surface area contributed by atoms with E-state index in [0.717, 1.165) is 5.67 Å². The molecule has 0 bridgehead atoms. The molecule has 1 rings (SSSR count). The van der Waals surface area contributed by atoms with Gasteiger partial charge >= 0.3 is 8.25 Å². The maximum Gasteiger partial charge on any atom is 0.672 e. The molecule has 1 aliphatic heterocycles. The van der Waals surface area contributed by atoms with E-state index in [9.17, 15) is 4.57 Å². The molecule has 0 aromatic heterocycles. The standard InChI is InChI=1S/C3H10O3PSi2/c1-8-3-9(2)6-7(4)5-8/h8-9H,3H2,1-2H3/q+1. The molecule has 1 fully saturated rings. The van der Waals surface area contributed by atoms with Crippen LogP contribution < -0.4 is 0 Å². The second kappa shape index (κ2) is 3.03. The molecule has 0 aromatic carbocycles. The summed E-state index contributed by atoms with van der Waals surface area (Å²) in [5.74, 6) is 0. The number of hydrogen-bond acceptors (Lipinski definition) is 3. The van der Waals surface area contributed by atoms with Crippen LogP contribution >= 0.6 is 8.25 Å². The summed E-state index contributed by atoms with van der Waals surface area (Å²) in [4.78, 5) is 0. The molecule has 2 unspecified atom stereocenters. The Bertz CT molecular complexity index is 118. The first kappa shape index (κ1) is 7.56. The fraction of sp³-hybridized carbons (Fsp3) is 1.00. The Balaban J connectivity index is 2.43. The minimum absolute atomic E-state index is 1.06. The van der Waals surface area contributed by atoms with E-state index in [1.807, 2.05) is 0 Å². The summed E-state index contributed by atoms with van der Waals surface area (Å²) in [6, 6.07) is 0. The van der Waals surface area contributed by atoms with Crippen LogP contribution in [0.2, 0.25) is 18.8 Å². The zero-order valence-electron chi connectivity index (χ0n) is 5.53. The lowest BCUT2D eigenvalue weighted by Gasteiger charge is -2.09. The Labute approximate surface area is 58.8 Å². The van der Waals surface area contributed by atoms with Crippen molar-refractivity contribution in [3.8, 4) is 0 Å². The Morgan fingerprint density at radius 1 is 1.33 bits per heavy atom. The molecule has 0 aliphatic carbocycles. The van der Waals surface area contributed by atoms with Gasteiger partial charge in [0.05, 0.1) is 0 Å². The molecular formula is C3H10O3PSi2+. The molecule has 6 heteroatoms. The van der Waals surface area contributed by atoms with Crippen molar-refractivity contribution >= 4 is 26.3 Å². The lowest BCUT2D eigenvalue weighted by atomic mass is 11.8. The van der Waals surface area contributed by atoms with E-state index in [2.05, 4.69) is 13.1 Å². The molecule has 2 atom stereocenters. The van der Waals surface area contributed by atoms with Crippen LogP contribution in [-0.2, 0) is 13.0 Å². The smallest absolute Gasteiger partial charge is 0.180 e. The summed E-state index contributed by atoms with van der Waals surface area (Å²) in [6.45, 7) is 4.14. The van der Waals surface area contributed by atoms with Crippen molar-refractivity contribution in [3.05, 3.63) is 0 Å². The van der Waals surface area contributed by atoms with E-state index < -0.39 is 26.3 Å². The lowest BCUT2D eigenvalue weighted by Crippen LogP contribution is -2.26. The summed E-state index contributed by atoms with van der Waals surface area (Å²) >= 11 is 0. The Morgan fingerprint density at radius 2 is 1.78 bits per heavy atom. The van der Waals surface area contributed by atoms with E-state index in [1.165, 1.54) is 0 Å². The quantitative estimate of drug-likeness (QED) is 0.412. The topological polar surface area (TPSA) is 35.5 Å². The van der Waals surface area contributed by atoms with Crippen molar-refractivity contribution in [2.24, 2.45) is 0 Å². The molecular weight excluding hydrogens is 171 g/mol. The van der Waals surface area contributed by atoms with E-state index in [4.69, 9.17) is 8.43 Å². The molecule has 3 nitrogen and oxygen atoms in total. The van der Waals surface area contributed by atoms with Crippen LogP contribution in [0.1, 0.15) is 0 Å². The first-order valence-electron chi connectivity index (χ1n) is 2.99. The molecule has 0 radical (unpaired) electrons. The molecule has 9 heavy (non-hydrogen) atoms. The van der Waals surface area contributed by atoms with Crippen molar-refractivity contribution in [2.75, 3.05) is 0 Å². The van der Waals surface area contributed by atoms with Gasteiger partial charge in [0.25, 0.3) is 18.1 Å². The Hall–Kier alpha value is 0.454. The maximum absolute atomic E-state index is 10.7. The fourth-order valence-electron chi connectivity index (χ4n) is 0.872. The summed E-state index contributed by atoms with van der Waals surface area (Å²) < 4.78 is 20.7. The van der Waals surface area contributed by atoms with Crippen molar-refractivity contribution < 1.29 is 13.0 Å². The zero-order chi connectivity index (χ0) is 6.85. The largest absolute Gasteiger partial charge is 0.672 e. The van der Waals surface area contributed by atoms with Crippen LogP contribution in [0.25, 0.3) is 0 Å². The highest BCUT2D eigenvalue weighted by Crippen LogP contribution is 2.32. The second-order valence-corrected chi connectivity index (χ2v) is 9.55. The van der Waals surface area contributed by atoms with Gasteiger partial charge in [-0.2, -0.15) is 8.43 Å². The van der Waals surface area contributed by atoms with Crippen LogP contribution in [0.15, 0.2) is 0 Å². The average molecular weight is 181 g/mol. The van der Waals surface area contributed by atoms with Crippen LogP contribution in [-0.4, -0.2) is 18.1 Å². The van der Waals surface area contributed by atoms with Gasteiger partial charge in [-0.3, -0.25) is 0 Å². The maximum atomic E-state index is 10.7. The molecule has 1 heterocycles. The summed E-state index contributed by atoms with van der Waals surface area (Å²) in [6.07, 6.45) is 0. The molecule has 52 valence electrons. The molecule has 0 N–H and O–H groups in total. The first-order chi connectivity index (χ1) is 4.18. The zero-order valence-corrected chi connectivity index (χ0v) is 8.74. The highest BCUT2D eigenvalue weighted by Gasteiger charge is 2.36. The third-order valence-electron chi connectivity index (χ3n) is 1.20. The average Bonchev–Trinajstić information content (AvgIpc) is 1.59. The van der Waals surface area contributed by atoms with Crippen molar-refractivity contribution in [1.29, 1.82) is 0 Å². The van der Waals surface area contributed by atoms with E-state index in [-0.39, 0.29) is 0 Å². The summed E-state index contributed by atoms with van der Waals surface area (Å²) in [7, 11) is -3.81. The molecule has 1 saturated heterocycles. The van der Waals surface area contributed by atoms with Crippen molar-refractivity contribution in [2.45, 2.75) is 18.8 Å². The predicted molar refractivity (Wildman–Crippen MR) is 40.6 cm³/mol. The van der Waals surface area contributed by atoms with E-state index in [1.54, 1.807) is 0 Å². The molecule has 0 saturated carbocycles. The molecule has 1 aliphatic rings. The van der Waals surface area contributed by atoms with E-state index in [0.29, 0.717) is 0 Å². The minimum Gasteiger partial charge on any atom is -0.180 e. The highest BCUT2D eigenvalue weighted by molar-refractivity contribution is 7.38. The fourth-order valence-corrected chi connectivity index (χ4v) is 9.85.